The van der Waals surface area contributed by atoms with E-state index < -0.39 is 12.1 Å². The van der Waals surface area contributed by atoms with Crippen molar-refractivity contribution in [1.29, 1.82) is 0 Å². The van der Waals surface area contributed by atoms with Crippen molar-refractivity contribution in [3.8, 4) is 0 Å². The van der Waals surface area contributed by atoms with Crippen molar-refractivity contribution in [3.63, 3.8) is 0 Å². The summed E-state index contributed by atoms with van der Waals surface area (Å²) in [4.78, 5) is 28.2. The predicted octanol–water partition coefficient (Wildman–Crippen LogP) is 0.386. The smallest absolute Gasteiger partial charge is 0.328 e. The van der Waals surface area contributed by atoms with Gasteiger partial charge in [-0.2, -0.15) is 0 Å². The molecule has 1 amide bonds. The molecule has 19 heavy (non-hydrogen) atoms. The van der Waals surface area contributed by atoms with E-state index in [-0.39, 0.29) is 5.91 Å². The van der Waals surface area contributed by atoms with Crippen molar-refractivity contribution in [2.45, 2.75) is 12.5 Å². The van der Waals surface area contributed by atoms with Gasteiger partial charge in [-0.3, -0.25) is 9.78 Å². The predicted molar refractivity (Wildman–Crippen MR) is 67.4 cm³/mol. The Balaban J connectivity index is 2.24. The van der Waals surface area contributed by atoms with Crippen molar-refractivity contribution < 1.29 is 19.8 Å². The number of hydrogen-bond acceptors (Lipinski definition) is 4. The number of nitrogens with zero attached hydrogens (tertiary/aromatic N) is 2. The number of aliphatic hydroxyl groups is 1. The molecule has 2 rings (SSSR count). The lowest BCUT2D eigenvalue weighted by molar-refractivity contribution is -0.131. The number of hydrogen-bond donors (Lipinski definition) is 2. The van der Waals surface area contributed by atoms with E-state index in [2.05, 4.69) is 4.98 Å². The molecule has 1 fully saturated rings. The minimum absolute atomic E-state index is 0.219. The highest BCUT2D eigenvalue weighted by atomic mass is 16.4. The summed E-state index contributed by atoms with van der Waals surface area (Å²) in [5.74, 6) is -1.30. The molecule has 1 aromatic rings. The van der Waals surface area contributed by atoms with Crippen molar-refractivity contribution in [3.05, 3.63) is 35.7 Å². The quantitative estimate of drug-likeness (QED) is 0.769. The molecule has 1 atom stereocenters. The second-order valence-corrected chi connectivity index (χ2v) is 4.33. The summed E-state index contributed by atoms with van der Waals surface area (Å²) in [6, 6.07) is 1.55. The number of β-amino-alcohol motifs (C(OH)–C–C–N with tert-alkyl or cyclic N) is 1. The average molecular weight is 262 g/mol. The average Bonchev–Trinajstić information content (AvgIpc) is 2.82. The van der Waals surface area contributed by atoms with Crippen LogP contribution in [0.5, 0.6) is 0 Å². The fourth-order valence-electron chi connectivity index (χ4n) is 1.99. The van der Waals surface area contributed by atoms with Gasteiger partial charge >= 0.3 is 5.97 Å². The Bertz CT molecular complexity index is 527. The minimum atomic E-state index is -1.08. The molecule has 0 radical (unpaired) electrons. The molecule has 1 unspecified atom stereocenters. The zero-order valence-electron chi connectivity index (χ0n) is 10.2. The van der Waals surface area contributed by atoms with Crippen LogP contribution in [0.3, 0.4) is 0 Å². The van der Waals surface area contributed by atoms with Crippen LogP contribution in [0.25, 0.3) is 6.08 Å². The number of likely N-dealkylation sites (tertiary alicyclic amines) is 1. The van der Waals surface area contributed by atoms with Crippen LogP contribution in [0.2, 0.25) is 0 Å². The first-order valence-electron chi connectivity index (χ1n) is 5.90. The van der Waals surface area contributed by atoms with Gasteiger partial charge in [0.15, 0.2) is 0 Å². The SMILES string of the molecule is O=C(O)C=Cc1cnccc1C(=O)N1CCC(O)C1. The number of rotatable bonds is 3. The lowest BCUT2D eigenvalue weighted by Crippen LogP contribution is -2.30. The lowest BCUT2D eigenvalue weighted by atomic mass is 10.1. The molecule has 1 aromatic heterocycles. The zero-order valence-corrected chi connectivity index (χ0v) is 10.2. The van der Waals surface area contributed by atoms with E-state index in [1.54, 1.807) is 11.0 Å². The van der Waals surface area contributed by atoms with Gasteiger partial charge in [0.05, 0.1) is 6.10 Å². The van der Waals surface area contributed by atoms with Crippen LogP contribution in [-0.2, 0) is 4.79 Å². The third kappa shape index (κ3) is 3.17. The molecule has 2 heterocycles. The van der Waals surface area contributed by atoms with Crippen LogP contribution < -0.4 is 0 Å². The van der Waals surface area contributed by atoms with Gasteiger partial charge in [-0.15, -0.1) is 0 Å². The molecule has 0 aromatic carbocycles. The highest BCUT2D eigenvalue weighted by molar-refractivity contribution is 5.98. The number of aliphatic carboxylic acids is 1. The highest BCUT2D eigenvalue weighted by Crippen LogP contribution is 2.16. The van der Waals surface area contributed by atoms with E-state index >= 15 is 0 Å². The Morgan fingerprint density at radius 2 is 2.26 bits per heavy atom. The van der Waals surface area contributed by atoms with Gasteiger partial charge in [0.1, 0.15) is 0 Å². The van der Waals surface area contributed by atoms with Gasteiger partial charge in [-0.1, -0.05) is 0 Å². The number of amides is 1. The molecule has 0 spiro atoms. The monoisotopic (exact) mass is 262 g/mol. The summed E-state index contributed by atoms with van der Waals surface area (Å²) in [5.41, 5.74) is 0.845. The fraction of sp³-hybridized carbons (Fsp3) is 0.308. The van der Waals surface area contributed by atoms with Crippen LogP contribution in [-0.4, -0.2) is 51.2 Å². The lowest BCUT2D eigenvalue weighted by Gasteiger charge is -2.16. The summed E-state index contributed by atoms with van der Waals surface area (Å²) in [6.45, 7) is 0.813. The van der Waals surface area contributed by atoms with Crippen LogP contribution in [0.15, 0.2) is 24.5 Å². The normalized spacial score (nSPS) is 19.0. The summed E-state index contributed by atoms with van der Waals surface area (Å²) < 4.78 is 0. The maximum absolute atomic E-state index is 12.3. The number of carbonyl (C=O) groups is 2. The Morgan fingerprint density at radius 1 is 1.47 bits per heavy atom. The van der Waals surface area contributed by atoms with Crippen LogP contribution in [0.1, 0.15) is 22.3 Å². The first-order valence-corrected chi connectivity index (χ1v) is 5.90. The summed E-state index contributed by atoms with van der Waals surface area (Å²) in [5, 5.41) is 18.1. The molecule has 2 N–H and O–H groups in total. The first-order chi connectivity index (χ1) is 9.08. The fourth-order valence-corrected chi connectivity index (χ4v) is 1.99. The van der Waals surface area contributed by atoms with Gasteiger partial charge < -0.3 is 15.1 Å². The van der Waals surface area contributed by atoms with Gasteiger partial charge in [0, 0.05) is 42.7 Å². The van der Waals surface area contributed by atoms with Gasteiger partial charge in [0.2, 0.25) is 0 Å². The van der Waals surface area contributed by atoms with E-state index in [1.165, 1.54) is 18.5 Å². The third-order valence-electron chi connectivity index (χ3n) is 2.94. The topological polar surface area (TPSA) is 90.7 Å². The second kappa shape index (κ2) is 5.62. The third-order valence-corrected chi connectivity index (χ3v) is 2.94. The van der Waals surface area contributed by atoms with E-state index in [4.69, 9.17) is 5.11 Å². The number of carbonyl (C=O) groups excluding carboxylic acids is 1. The summed E-state index contributed by atoms with van der Waals surface area (Å²) in [6.07, 6.45) is 5.32. The van der Waals surface area contributed by atoms with Crippen molar-refractivity contribution in [2.24, 2.45) is 0 Å². The molecule has 100 valence electrons. The Kier molecular flexibility index (Phi) is 3.91. The molecule has 6 heteroatoms. The molecular formula is C13H14N2O4. The molecule has 0 bridgehead atoms. The van der Waals surface area contributed by atoms with Crippen LogP contribution in [0.4, 0.5) is 0 Å². The minimum Gasteiger partial charge on any atom is -0.478 e. The van der Waals surface area contributed by atoms with Crippen LogP contribution >= 0.6 is 0 Å². The van der Waals surface area contributed by atoms with E-state index in [0.717, 1.165) is 6.08 Å². The molecule has 0 saturated carbocycles. The molecule has 1 aliphatic heterocycles. The van der Waals surface area contributed by atoms with E-state index in [1.807, 2.05) is 0 Å². The summed E-state index contributed by atoms with van der Waals surface area (Å²) >= 11 is 0. The Hall–Kier alpha value is -2.21. The molecule has 1 saturated heterocycles. The van der Waals surface area contributed by atoms with Gasteiger partial charge in [-0.25, -0.2) is 4.79 Å². The Morgan fingerprint density at radius 3 is 2.89 bits per heavy atom. The number of aromatic nitrogens is 1. The largest absolute Gasteiger partial charge is 0.478 e. The Labute approximate surface area is 110 Å². The first kappa shape index (κ1) is 13.2. The molecule has 0 aliphatic carbocycles. The van der Waals surface area contributed by atoms with Crippen molar-refractivity contribution >= 4 is 18.0 Å². The molecular weight excluding hydrogens is 248 g/mol. The standard InChI is InChI=1S/C13H14N2O4/c16-10-4-6-15(8-10)13(19)11-3-5-14-7-9(11)1-2-12(17)18/h1-3,5,7,10,16H,4,6,8H2,(H,17,18). The number of carboxylic acid groups (broad SMARTS) is 1. The number of aliphatic hydroxyl groups excluding tert-OH is 1. The molecule has 1 aliphatic rings. The maximum atomic E-state index is 12.3. The second-order valence-electron chi connectivity index (χ2n) is 4.33. The molecule has 6 nitrogen and oxygen atoms in total. The number of carboxylic acids is 1. The maximum Gasteiger partial charge on any atom is 0.328 e. The van der Waals surface area contributed by atoms with Crippen molar-refractivity contribution in [2.75, 3.05) is 13.1 Å². The number of pyridine rings is 1. The van der Waals surface area contributed by atoms with E-state index in [9.17, 15) is 14.7 Å². The van der Waals surface area contributed by atoms with Crippen molar-refractivity contribution in [1.82, 2.24) is 9.88 Å². The van der Waals surface area contributed by atoms with Crippen LogP contribution in [0, 0.1) is 0 Å². The summed E-state index contributed by atoms with van der Waals surface area (Å²) in [7, 11) is 0. The van der Waals surface area contributed by atoms with Gasteiger partial charge in [-0.05, 0) is 18.6 Å². The highest BCUT2D eigenvalue weighted by Gasteiger charge is 2.26. The van der Waals surface area contributed by atoms with E-state index in [0.29, 0.717) is 30.6 Å². The van der Waals surface area contributed by atoms with Gasteiger partial charge in [0.25, 0.3) is 5.91 Å². The zero-order chi connectivity index (χ0) is 13.8.